The zero-order valence-corrected chi connectivity index (χ0v) is 13.2. The highest BCUT2D eigenvalue weighted by molar-refractivity contribution is 7.98. The number of rotatable bonds is 4. The standard InChI is InChI=1S/C16H14N2O4S/c1-2-18-15(21)11-5-3-4-6-12(11)17-16(18)23-9-10-7-13(19)14(20)8-22-10/h3-8,20H,2,9H2,1H3. The van der Waals surface area contributed by atoms with E-state index in [9.17, 15) is 14.7 Å². The summed E-state index contributed by atoms with van der Waals surface area (Å²) in [5, 5.41) is 10.3. The second-order valence-corrected chi connectivity index (χ2v) is 5.79. The lowest BCUT2D eigenvalue weighted by atomic mass is 10.2. The van der Waals surface area contributed by atoms with E-state index in [1.54, 1.807) is 16.7 Å². The van der Waals surface area contributed by atoms with Crippen LogP contribution in [0.3, 0.4) is 0 Å². The predicted molar refractivity (Wildman–Crippen MR) is 87.9 cm³/mol. The summed E-state index contributed by atoms with van der Waals surface area (Å²) >= 11 is 1.31. The second kappa shape index (κ2) is 6.29. The fourth-order valence-corrected chi connectivity index (χ4v) is 3.15. The van der Waals surface area contributed by atoms with Crippen LogP contribution in [-0.4, -0.2) is 14.7 Å². The molecule has 3 aromatic rings. The van der Waals surface area contributed by atoms with Crippen molar-refractivity contribution in [3.05, 3.63) is 62.9 Å². The first-order valence-electron chi connectivity index (χ1n) is 7.03. The first-order chi connectivity index (χ1) is 11.1. The number of para-hydroxylation sites is 1. The molecule has 6 nitrogen and oxygen atoms in total. The molecule has 7 heteroatoms. The van der Waals surface area contributed by atoms with Gasteiger partial charge in [-0.1, -0.05) is 23.9 Å². The smallest absolute Gasteiger partial charge is 0.262 e. The number of nitrogens with zero attached hydrogens (tertiary/aromatic N) is 2. The fourth-order valence-electron chi connectivity index (χ4n) is 2.19. The van der Waals surface area contributed by atoms with Crippen LogP contribution in [0.1, 0.15) is 12.7 Å². The third-order valence-electron chi connectivity index (χ3n) is 3.35. The van der Waals surface area contributed by atoms with Gasteiger partial charge in [-0.2, -0.15) is 0 Å². The van der Waals surface area contributed by atoms with Gasteiger partial charge in [0.25, 0.3) is 5.56 Å². The highest BCUT2D eigenvalue weighted by Gasteiger charge is 2.11. The molecule has 0 atom stereocenters. The maximum absolute atomic E-state index is 12.5. The van der Waals surface area contributed by atoms with Crippen molar-refractivity contribution in [3.8, 4) is 5.75 Å². The van der Waals surface area contributed by atoms with Gasteiger partial charge in [-0.25, -0.2) is 4.98 Å². The van der Waals surface area contributed by atoms with Crippen LogP contribution in [0.5, 0.6) is 5.75 Å². The molecule has 3 rings (SSSR count). The first-order valence-corrected chi connectivity index (χ1v) is 8.01. The molecule has 0 aliphatic heterocycles. The molecular formula is C16H14N2O4S. The topological polar surface area (TPSA) is 85.3 Å². The summed E-state index contributed by atoms with van der Waals surface area (Å²) in [7, 11) is 0. The number of benzene rings is 1. The zero-order chi connectivity index (χ0) is 16.4. The Labute approximate surface area is 135 Å². The van der Waals surface area contributed by atoms with Gasteiger partial charge in [-0.05, 0) is 19.1 Å². The number of thioether (sulfide) groups is 1. The summed E-state index contributed by atoms with van der Waals surface area (Å²) in [4.78, 5) is 28.4. The highest BCUT2D eigenvalue weighted by Crippen LogP contribution is 2.22. The van der Waals surface area contributed by atoms with Crippen molar-refractivity contribution in [2.45, 2.75) is 24.4 Å². The highest BCUT2D eigenvalue weighted by atomic mass is 32.2. The Hall–Kier alpha value is -2.54. The number of aromatic nitrogens is 2. The van der Waals surface area contributed by atoms with Crippen LogP contribution in [0.15, 0.2) is 55.8 Å². The largest absolute Gasteiger partial charge is 0.502 e. The van der Waals surface area contributed by atoms with Crippen molar-refractivity contribution in [2.24, 2.45) is 0 Å². The van der Waals surface area contributed by atoms with Crippen LogP contribution < -0.4 is 11.0 Å². The summed E-state index contributed by atoms with van der Waals surface area (Å²) in [6.45, 7) is 2.38. The number of aromatic hydroxyl groups is 1. The quantitative estimate of drug-likeness (QED) is 0.584. The SMILES string of the molecule is CCn1c(SCc2cc(=O)c(O)co2)nc2ccccc2c1=O. The maximum atomic E-state index is 12.5. The molecular weight excluding hydrogens is 316 g/mol. The van der Waals surface area contributed by atoms with E-state index >= 15 is 0 Å². The van der Waals surface area contributed by atoms with Crippen molar-refractivity contribution < 1.29 is 9.52 Å². The Morgan fingerprint density at radius 3 is 2.83 bits per heavy atom. The van der Waals surface area contributed by atoms with Crippen LogP contribution in [0.25, 0.3) is 10.9 Å². The van der Waals surface area contributed by atoms with Gasteiger partial charge in [0.2, 0.25) is 5.43 Å². The van der Waals surface area contributed by atoms with Crippen molar-refractivity contribution in [3.63, 3.8) is 0 Å². The van der Waals surface area contributed by atoms with Gasteiger partial charge < -0.3 is 9.52 Å². The summed E-state index contributed by atoms with van der Waals surface area (Å²) in [5.41, 5.74) is 0.0517. The number of fused-ring (bicyclic) bond motifs is 1. The van der Waals surface area contributed by atoms with Gasteiger partial charge in [0.05, 0.1) is 16.7 Å². The molecule has 1 aromatic carbocycles. The average Bonchev–Trinajstić information content (AvgIpc) is 2.56. The second-order valence-electron chi connectivity index (χ2n) is 4.85. The summed E-state index contributed by atoms with van der Waals surface area (Å²) in [6, 6.07) is 8.42. The lowest BCUT2D eigenvalue weighted by molar-refractivity contribution is 0.419. The van der Waals surface area contributed by atoms with Crippen molar-refractivity contribution in [1.82, 2.24) is 9.55 Å². The molecule has 0 aliphatic rings. The molecule has 0 unspecified atom stereocenters. The molecule has 0 saturated heterocycles. The maximum Gasteiger partial charge on any atom is 0.262 e. The van der Waals surface area contributed by atoms with Crippen LogP contribution >= 0.6 is 11.8 Å². The predicted octanol–water partition coefficient (Wildman–Crippen LogP) is 2.37. The summed E-state index contributed by atoms with van der Waals surface area (Å²) in [6.07, 6.45) is 1.01. The van der Waals surface area contributed by atoms with Crippen LogP contribution in [0.4, 0.5) is 0 Å². The molecule has 0 radical (unpaired) electrons. The van der Waals surface area contributed by atoms with Crippen LogP contribution in [0.2, 0.25) is 0 Å². The van der Waals surface area contributed by atoms with Gasteiger partial charge in [-0.15, -0.1) is 0 Å². The molecule has 0 aliphatic carbocycles. The van der Waals surface area contributed by atoms with Crippen molar-refractivity contribution in [1.29, 1.82) is 0 Å². The Morgan fingerprint density at radius 1 is 1.30 bits per heavy atom. The van der Waals surface area contributed by atoms with Crippen LogP contribution in [-0.2, 0) is 12.3 Å². The third-order valence-corrected chi connectivity index (χ3v) is 4.35. The van der Waals surface area contributed by atoms with Gasteiger partial charge >= 0.3 is 0 Å². The van der Waals surface area contributed by atoms with Crippen molar-refractivity contribution >= 4 is 22.7 Å². The van der Waals surface area contributed by atoms with E-state index < -0.39 is 11.2 Å². The number of hydrogen-bond acceptors (Lipinski definition) is 6. The third kappa shape index (κ3) is 3.00. The first kappa shape index (κ1) is 15.4. The van der Waals surface area contributed by atoms with E-state index in [4.69, 9.17) is 4.42 Å². The monoisotopic (exact) mass is 330 g/mol. The average molecular weight is 330 g/mol. The van der Waals surface area contributed by atoms with Crippen LogP contribution in [0, 0.1) is 0 Å². The molecule has 0 spiro atoms. The molecule has 118 valence electrons. The van der Waals surface area contributed by atoms with E-state index in [-0.39, 0.29) is 5.56 Å². The zero-order valence-electron chi connectivity index (χ0n) is 12.4. The van der Waals surface area contributed by atoms with E-state index in [1.807, 2.05) is 19.1 Å². The summed E-state index contributed by atoms with van der Waals surface area (Å²) in [5.74, 6) is 0.316. The van der Waals surface area contributed by atoms with Gasteiger partial charge in [0, 0.05) is 12.6 Å². The normalized spacial score (nSPS) is 11.0. The van der Waals surface area contributed by atoms with E-state index in [0.29, 0.717) is 34.1 Å². The lowest BCUT2D eigenvalue weighted by Gasteiger charge is -2.10. The Balaban J connectivity index is 1.97. The molecule has 2 heterocycles. The molecule has 23 heavy (non-hydrogen) atoms. The molecule has 0 amide bonds. The van der Waals surface area contributed by atoms with E-state index in [0.717, 1.165) is 6.26 Å². The minimum Gasteiger partial charge on any atom is -0.502 e. The minimum atomic E-state index is -0.494. The van der Waals surface area contributed by atoms with Gasteiger partial charge in [0.15, 0.2) is 10.9 Å². The molecule has 0 fully saturated rings. The molecule has 1 N–H and O–H groups in total. The van der Waals surface area contributed by atoms with Gasteiger partial charge in [-0.3, -0.25) is 14.2 Å². The van der Waals surface area contributed by atoms with Gasteiger partial charge in [0.1, 0.15) is 12.0 Å². The fraction of sp³-hybridized carbons (Fsp3) is 0.188. The molecule has 2 aromatic heterocycles. The molecule has 0 bridgehead atoms. The Bertz CT molecular complexity index is 978. The van der Waals surface area contributed by atoms with Crippen molar-refractivity contribution in [2.75, 3.05) is 0 Å². The lowest BCUT2D eigenvalue weighted by Crippen LogP contribution is -2.22. The summed E-state index contributed by atoms with van der Waals surface area (Å²) < 4.78 is 6.75. The Morgan fingerprint density at radius 2 is 2.09 bits per heavy atom. The molecule has 0 saturated carbocycles. The minimum absolute atomic E-state index is 0.0900. The van der Waals surface area contributed by atoms with E-state index in [2.05, 4.69) is 4.98 Å². The van der Waals surface area contributed by atoms with E-state index in [1.165, 1.54) is 17.8 Å². The number of hydrogen-bond donors (Lipinski definition) is 1. The Kier molecular flexibility index (Phi) is 4.20.